The van der Waals surface area contributed by atoms with Crippen LogP contribution in [0.15, 0.2) is 52.9 Å². The van der Waals surface area contributed by atoms with Gasteiger partial charge in [-0.2, -0.15) is 0 Å². The molecule has 0 saturated carbocycles. The van der Waals surface area contributed by atoms with E-state index in [-0.39, 0.29) is 17.3 Å². The fourth-order valence-corrected chi connectivity index (χ4v) is 4.36. The summed E-state index contributed by atoms with van der Waals surface area (Å²) in [6.45, 7) is 0. The number of halogens is 1. The van der Waals surface area contributed by atoms with E-state index in [4.69, 9.17) is 17.0 Å². The van der Waals surface area contributed by atoms with Gasteiger partial charge in [-0.25, -0.2) is 9.07 Å². The van der Waals surface area contributed by atoms with E-state index >= 15 is 0 Å². The summed E-state index contributed by atoms with van der Waals surface area (Å²) in [6, 6.07) is 13.7. The van der Waals surface area contributed by atoms with Crippen molar-refractivity contribution >= 4 is 41.1 Å². The van der Waals surface area contributed by atoms with E-state index in [9.17, 15) is 9.18 Å². The molecule has 0 aliphatic carbocycles. The second-order valence-corrected chi connectivity index (χ2v) is 7.79. The number of aromatic nitrogens is 2. The maximum absolute atomic E-state index is 13.7. The molecule has 0 spiro atoms. The predicted molar refractivity (Wildman–Crippen MR) is 100 cm³/mol. The van der Waals surface area contributed by atoms with Crippen LogP contribution >= 0.6 is 35.3 Å². The Morgan fingerprint density at radius 1 is 1.32 bits per heavy atom. The van der Waals surface area contributed by atoms with Gasteiger partial charge in [-0.05, 0) is 42.5 Å². The molecular formula is C17H13FN2O2S3. The molecule has 25 heavy (non-hydrogen) atoms. The average molecular weight is 393 g/mol. The fourth-order valence-electron chi connectivity index (χ4n) is 2.10. The Hall–Kier alpha value is -2.03. The molecule has 0 N–H and O–H groups in total. The molecule has 0 bridgehead atoms. The largest absolute Gasteiger partial charge is 0.494 e. The lowest BCUT2D eigenvalue weighted by Gasteiger charge is -2.04. The molecule has 0 saturated heterocycles. The first kappa shape index (κ1) is 17.8. The van der Waals surface area contributed by atoms with Crippen molar-refractivity contribution in [1.82, 2.24) is 9.78 Å². The SMILES string of the molecule is COc1ccc(C(=O)CSc2nn(-c3ccccc3)c(=S)s2)cc1F. The van der Waals surface area contributed by atoms with E-state index in [2.05, 4.69) is 5.10 Å². The topological polar surface area (TPSA) is 44.1 Å². The van der Waals surface area contributed by atoms with Crippen LogP contribution in [0.25, 0.3) is 5.69 Å². The molecule has 2 aromatic carbocycles. The molecule has 0 amide bonds. The van der Waals surface area contributed by atoms with E-state index < -0.39 is 5.82 Å². The van der Waals surface area contributed by atoms with Crippen LogP contribution < -0.4 is 4.74 Å². The molecule has 0 aliphatic rings. The van der Waals surface area contributed by atoms with E-state index in [0.717, 1.165) is 5.69 Å². The highest BCUT2D eigenvalue weighted by Gasteiger charge is 2.13. The predicted octanol–water partition coefficient (Wildman–Crippen LogP) is 4.79. The number of para-hydroxylation sites is 1. The van der Waals surface area contributed by atoms with Crippen LogP contribution in [0.1, 0.15) is 10.4 Å². The second-order valence-electron chi connectivity index (χ2n) is 4.94. The van der Waals surface area contributed by atoms with Gasteiger partial charge in [0.2, 0.25) is 0 Å². The summed E-state index contributed by atoms with van der Waals surface area (Å²) in [5.74, 6) is -0.465. The van der Waals surface area contributed by atoms with Crippen molar-refractivity contribution in [3.05, 3.63) is 63.9 Å². The first-order chi connectivity index (χ1) is 12.1. The second kappa shape index (κ2) is 7.90. The Morgan fingerprint density at radius 3 is 2.76 bits per heavy atom. The number of nitrogens with zero attached hydrogens (tertiary/aromatic N) is 2. The minimum atomic E-state index is -0.553. The molecule has 0 fully saturated rings. The van der Waals surface area contributed by atoms with Crippen molar-refractivity contribution in [1.29, 1.82) is 0 Å². The lowest BCUT2D eigenvalue weighted by Crippen LogP contribution is -2.03. The van der Waals surface area contributed by atoms with Crippen LogP contribution in [0.2, 0.25) is 0 Å². The molecule has 0 radical (unpaired) electrons. The summed E-state index contributed by atoms with van der Waals surface area (Å²) in [5, 5.41) is 4.44. The van der Waals surface area contributed by atoms with Crippen molar-refractivity contribution in [2.75, 3.05) is 12.9 Å². The van der Waals surface area contributed by atoms with E-state index in [1.807, 2.05) is 30.3 Å². The van der Waals surface area contributed by atoms with Crippen LogP contribution in [0.4, 0.5) is 4.39 Å². The van der Waals surface area contributed by atoms with Gasteiger partial charge >= 0.3 is 0 Å². The van der Waals surface area contributed by atoms with Gasteiger partial charge in [-0.3, -0.25) is 4.79 Å². The van der Waals surface area contributed by atoms with Gasteiger partial charge in [0.1, 0.15) is 0 Å². The van der Waals surface area contributed by atoms with Crippen molar-refractivity contribution in [2.24, 2.45) is 0 Å². The van der Waals surface area contributed by atoms with Crippen LogP contribution in [-0.4, -0.2) is 28.4 Å². The van der Waals surface area contributed by atoms with Crippen LogP contribution in [0, 0.1) is 9.77 Å². The third-order valence-electron chi connectivity index (χ3n) is 3.33. The number of carbonyl (C=O) groups is 1. The van der Waals surface area contributed by atoms with Gasteiger partial charge in [0.05, 0.1) is 18.6 Å². The number of benzene rings is 2. The molecule has 128 valence electrons. The zero-order valence-electron chi connectivity index (χ0n) is 13.1. The highest BCUT2D eigenvalue weighted by Crippen LogP contribution is 2.25. The van der Waals surface area contributed by atoms with Gasteiger partial charge < -0.3 is 4.74 Å². The maximum atomic E-state index is 13.7. The molecule has 3 aromatic rings. The first-order valence-electron chi connectivity index (χ1n) is 7.23. The average Bonchev–Trinajstić information content (AvgIpc) is 3.01. The Morgan fingerprint density at radius 2 is 2.08 bits per heavy atom. The Kier molecular flexibility index (Phi) is 5.62. The Balaban J connectivity index is 1.71. The molecule has 3 rings (SSSR count). The van der Waals surface area contributed by atoms with Crippen LogP contribution in [-0.2, 0) is 0 Å². The summed E-state index contributed by atoms with van der Waals surface area (Å²) in [6.07, 6.45) is 0. The molecule has 4 nitrogen and oxygen atoms in total. The lowest BCUT2D eigenvalue weighted by molar-refractivity contribution is 0.102. The summed E-state index contributed by atoms with van der Waals surface area (Å²) >= 11 is 7.95. The zero-order valence-corrected chi connectivity index (χ0v) is 15.6. The number of carbonyl (C=O) groups excluding carboxylic acids is 1. The molecule has 0 aliphatic heterocycles. The number of hydrogen-bond donors (Lipinski definition) is 0. The smallest absolute Gasteiger partial charge is 0.184 e. The number of ether oxygens (including phenoxy) is 1. The van der Waals surface area contributed by atoms with Crippen molar-refractivity contribution in [3.63, 3.8) is 0 Å². The monoisotopic (exact) mass is 392 g/mol. The number of methoxy groups -OCH3 is 1. The summed E-state index contributed by atoms with van der Waals surface area (Å²) in [5.41, 5.74) is 1.18. The van der Waals surface area contributed by atoms with E-state index in [1.54, 1.807) is 10.7 Å². The molecule has 8 heteroatoms. The quantitative estimate of drug-likeness (QED) is 0.343. The highest BCUT2D eigenvalue weighted by atomic mass is 32.2. The Labute approximate surface area is 157 Å². The molecule has 1 heterocycles. The van der Waals surface area contributed by atoms with Gasteiger partial charge in [-0.1, -0.05) is 41.3 Å². The van der Waals surface area contributed by atoms with Gasteiger partial charge in [-0.15, -0.1) is 5.10 Å². The lowest BCUT2D eigenvalue weighted by atomic mass is 10.1. The standard InChI is InChI=1S/C17H13FN2O2S3/c1-22-15-8-7-11(9-13(15)18)14(21)10-24-16-19-20(17(23)25-16)12-5-3-2-4-6-12/h2-9H,10H2,1H3. The molecule has 0 unspecified atom stereocenters. The molecular weight excluding hydrogens is 379 g/mol. The van der Waals surface area contributed by atoms with Crippen LogP contribution in [0.3, 0.4) is 0 Å². The van der Waals surface area contributed by atoms with Gasteiger partial charge in [0.15, 0.2) is 25.6 Å². The molecule has 1 aromatic heterocycles. The zero-order chi connectivity index (χ0) is 17.8. The summed E-state index contributed by atoms with van der Waals surface area (Å²) in [4.78, 5) is 12.2. The summed E-state index contributed by atoms with van der Waals surface area (Å²) in [7, 11) is 1.38. The van der Waals surface area contributed by atoms with Crippen molar-refractivity contribution in [3.8, 4) is 11.4 Å². The van der Waals surface area contributed by atoms with E-state index in [1.165, 1.54) is 42.3 Å². The third kappa shape index (κ3) is 4.15. The number of ketones is 1. The van der Waals surface area contributed by atoms with E-state index in [0.29, 0.717) is 13.9 Å². The number of thioether (sulfide) groups is 1. The van der Waals surface area contributed by atoms with Crippen molar-refractivity contribution in [2.45, 2.75) is 4.34 Å². The van der Waals surface area contributed by atoms with Gasteiger partial charge in [0, 0.05) is 5.56 Å². The maximum Gasteiger partial charge on any atom is 0.184 e. The van der Waals surface area contributed by atoms with Gasteiger partial charge in [0.25, 0.3) is 0 Å². The molecule has 0 atom stereocenters. The summed E-state index contributed by atoms with van der Waals surface area (Å²) < 4.78 is 21.5. The normalized spacial score (nSPS) is 10.6. The third-order valence-corrected chi connectivity index (χ3v) is 5.70. The number of Topliss-reactive ketones (excluding diaryl/α,β-unsaturated/α-hetero) is 1. The highest BCUT2D eigenvalue weighted by molar-refractivity contribution is 8.01. The number of rotatable bonds is 6. The Bertz CT molecular complexity index is 954. The fraction of sp³-hybridized carbons (Fsp3) is 0.118. The first-order valence-corrected chi connectivity index (χ1v) is 9.44. The van der Waals surface area contributed by atoms with Crippen LogP contribution in [0.5, 0.6) is 5.75 Å². The minimum absolute atomic E-state index is 0.115. The van der Waals surface area contributed by atoms with Crippen molar-refractivity contribution < 1.29 is 13.9 Å². The minimum Gasteiger partial charge on any atom is -0.494 e. The number of hydrogen-bond acceptors (Lipinski definition) is 6.